The molecule has 0 unspecified atom stereocenters. The van der Waals surface area contributed by atoms with E-state index in [0.29, 0.717) is 0 Å². The molecule has 0 atom stereocenters. The van der Waals surface area contributed by atoms with E-state index < -0.39 is 9.60 Å². The molecule has 0 aromatic heterocycles. The molecule has 0 N–H and O–H groups in total. The quantitative estimate of drug-likeness (QED) is 0.355. The van der Waals surface area contributed by atoms with Gasteiger partial charge in [-0.1, -0.05) is 0 Å². The van der Waals surface area contributed by atoms with E-state index in [4.69, 9.17) is 4.55 Å². The van der Waals surface area contributed by atoms with Crippen LogP contribution in [0.4, 0.5) is 0 Å². The zero-order valence-corrected chi connectivity index (χ0v) is 3.90. The van der Waals surface area contributed by atoms with Crippen molar-refractivity contribution in [1.29, 1.82) is 0 Å². The van der Waals surface area contributed by atoms with Gasteiger partial charge in [-0.25, -0.2) is 0 Å². The molecular weight excluding hydrogens is 142 g/mol. The van der Waals surface area contributed by atoms with Gasteiger partial charge in [-0.2, -0.15) is 0 Å². The van der Waals surface area contributed by atoms with Crippen molar-refractivity contribution < 1.29 is 4.55 Å². The summed E-state index contributed by atoms with van der Waals surface area (Å²) in [6.07, 6.45) is 0. The predicted molar refractivity (Wildman–Crippen MR) is 27.0 cm³/mol. The van der Waals surface area contributed by atoms with Crippen LogP contribution in [0.5, 0.6) is 0 Å². The molecule has 1 nitrogen and oxygen atoms in total. The van der Waals surface area contributed by atoms with Crippen LogP contribution in [0.1, 0.15) is 0 Å². The Bertz CT molecular complexity index is 14.4. The monoisotopic (exact) mass is 142 g/mol. The van der Waals surface area contributed by atoms with E-state index in [1.54, 1.807) is 0 Å². The van der Waals surface area contributed by atoms with Crippen molar-refractivity contribution >= 4 is 60.5 Å². The van der Waals surface area contributed by atoms with Crippen molar-refractivity contribution in [2.45, 2.75) is 0 Å². The molecule has 0 bridgehead atoms. The minimum Gasteiger partial charge on any atom is -0.582 e. The van der Waals surface area contributed by atoms with E-state index in [9.17, 15) is 0 Å². The average molecular weight is 143 g/mol. The Hall–Kier alpha value is 1.89. The first-order valence-electron chi connectivity index (χ1n) is 0.475. The van der Waals surface area contributed by atoms with Crippen LogP contribution in [-0.4, -0.2) is 34.1 Å². The maximum atomic E-state index is 9.09. The van der Waals surface area contributed by atoms with Crippen LogP contribution >= 0.6 is 21.4 Å². The number of hydrogen-bond donors (Lipinski definition) is 0. The van der Waals surface area contributed by atoms with Crippen molar-refractivity contribution in [2.75, 3.05) is 0 Å². The molecule has 0 amide bonds. The standard InChI is InChI=1S/Cl2OS.Na.H/c1-4(2)3;;. The summed E-state index contributed by atoms with van der Waals surface area (Å²) in [5.74, 6) is 0. The molecule has 0 saturated heterocycles. The summed E-state index contributed by atoms with van der Waals surface area (Å²) in [6, 6.07) is 0. The Morgan fingerprint density at radius 3 is 1.40 bits per heavy atom. The molecule has 5 heteroatoms. The Morgan fingerprint density at radius 1 is 1.40 bits per heavy atom. The van der Waals surface area contributed by atoms with Crippen LogP contribution in [0.25, 0.3) is 0 Å². The minimum atomic E-state index is -1.67. The zero-order chi connectivity index (χ0) is 3.58. The predicted octanol–water partition coefficient (Wildman–Crippen LogP) is 0.394. The van der Waals surface area contributed by atoms with E-state index in [2.05, 4.69) is 21.4 Å². The van der Waals surface area contributed by atoms with Gasteiger partial charge in [0.15, 0.2) is 31.0 Å². The molecule has 0 aliphatic rings. The Morgan fingerprint density at radius 2 is 1.40 bits per heavy atom. The molecular formula is HCl2NaOS. The molecule has 0 saturated carbocycles. The SMILES string of the molecule is [NaH].[O-][S+](Cl)Cl. The van der Waals surface area contributed by atoms with Gasteiger partial charge in [-0.05, 0) is 0 Å². The molecule has 28 valence electrons. The van der Waals surface area contributed by atoms with E-state index >= 15 is 0 Å². The first-order valence-corrected chi connectivity index (χ1v) is 3.28. The summed E-state index contributed by atoms with van der Waals surface area (Å²) in [5.41, 5.74) is 0. The van der Waals surface area contributed by atoms with Crippen LogP contribution < -0.4 is 0 Å². The molecule has 0 fully saturated rings. The van der Waals surface area contributed by atoms with Gasteiger partial charge in [0.05, 0.1) is 0 Å². The number of halogens is 2. The molecule has 5 heavy (non-hydrogen) atoms. The van der Waals surface area contributed by atoms with Crippen LogP contribution in [0.3, 0.4) is 0 Å². The zero-order valence-electron chi connectivity index (χ0n) is 1.57. The van der Waals surface area contributed by atoms with Crippen LogP contribution in [0, 0.1) is 0 Å². The first kappa shape index (κ1) is 10.00. The van der Waals surface area contributed by atoms with Crippen LogP contribution in [-0.2, 0) is 9.60 Å². The van der Waals surface area contributed by atoms with Gasteiger partial charge in [-0.15, -0.1) is 0 Å². The molecule has 0 aliphatic carbocycles. The third-order valence-corrected chi connectivity index (χ3v) is 0. The van der Waals surface area contributed by atoms with Crippen molar-refractivity contribution in [1.82, 2.24) is 0 Å². The Balaban J connectivity index is 0. The first-order chi connectivity index (χ1) is 1.73. The second-order valence-corrected chi connectivity index (χ2v) is 2.71. The summed E-state index contributed by atoms with van der Waals surface area (Å²) >= 11 is 0. The second kappa shape index (κ2) is 5.89. The van der Waals surface area contributed by atoms with Gasteiger partial charge < -0.3 is 4.55 Å². The van der Waals surface area contributed by atoms with E-state index in [1.807, 2.05) is 0 Å². The average Bonchev–Trinajstić information content (AvgIpc) is 0.811. The number of hydrogen-bond acceptors (Lipinski definition) is 1. The Labute approximate surface area is 64.5 Å². The summed E-state index contributed by atoms with van der Waals surface area (Å²) < 4.78 is 9.09. The van der Waals surface area contributed by atoms with Gasteiger partial charge >= 0.3 is 29.6 Å². The summed E-state index contributed by atoms with van der Waals surface area (Å²) in [4.78, 5) is 0. The van der Waals surface area contributed by atoms with Gasteiger partial charge in [0.2, 0.25) is 0 Å². The van der Waals surface area contributed by atoms with Gasteiger partial charge in [0.25, 0.3) is 0 Å². The van der Waals surface area contributed by atoms with E-state index in [-0.39, 0.29) is 29.6 Å². The second-order valence-electron chi connectivity index (χ2n) is 0.184. The smallest absolute Gasteiger partial charge is 0.198 e. The normalized spacial score (nSPS) is 7.20. The molecule has 0 rings (SSSR count). The topological polar surface area (TPSA) is 23.1 Å². The summed E-state index contributed by atoms with van der Waals surface area (Å²) in [7, 11) is 7.36. The van der Waals surface area contributed by atoms with Crippen LogP contribution in [0.2, 0.25) is 0 Å². The largest absolute Gasteiger partial charge is 0.582 e. The number of rotatable bonds is 0. The summed E-state index contributed by atoms with van der Waals surface area (Å²) in [5, 5.41) is 0. The molecule has 0 aliphatic heterocycles. The van der Waals surface area contributed by atoms with Gasteiger partial charge in [-0.3, -0.25) is 0 Å². The third kappa shape index (κ3) is 25.0. The van der Waals surface area contributed by atoms with E-state index in [1.165, 1.54) is 0 Å². The van der Waals surface area contributed by atoms with E-state index in [0.717, 1.165) is 0 Å². The van der Waals surface area contributed by atoms with Crippen molar-refractivity contribution in [2.24, 2.45) is 0 Å². The van der Waals surface area contributed by atoms with Gasteiger partial charge in [0, 0.05) is 0 Å². The Kier molecular flexibility index (Phi) is 11.8. The van der Waals surface area contributed by atoms with Crippen LogP contribution in [0.15, 0.2) is 0 Å². The fraction of sp³-hybridized carbons (Fsp3) is 0. The molecule has 0 radical (unpaired) electrons. The van der Waals surface area contributed by atoms with Gasteiger partial charge in [0.1, 0.15) is 0 Å². The molecule has 0 spiro atoms. The maximum absolute atomic E-state index is 9.09. The van der Waals surface area contributed by atoms with Crippen molar-refractivity contribution in [3.63, 3.8) is 0 Å². The maximum Gasteiger partial charge on any atom is 0.198 e. The minimum absolute atomic E-state index is 0. The third-order valence-electron chi connectivity index (χ3n) is 0. The van der Waals surface area contributed by atoms with Crippen molar-refractivity contribution in [3.05, 3.63) is 0 Å². The fourth-order valence-corrected chi connectivity index (χ4v) is 0. The fourth-order valence-electron chi connectivity index (χ4n) is 0. The molecule has 0 aromatic rings. The van der Waals surface area contributed by atoms with Crippen molar-refractivity contribution in [3.8, 4) is 0 Å². The molecule has 0 heterocycles. The summed E-state index contributed by atoms with van der Waals surface area (Å²) in [6.45, 7) is 0. The molecule has 0 aromatic carbocycles.